The maximum absolute atomic E-state index is 12.6. The van der Waals surface area contributed by atoms with Crippen molar-refractivity contribution in [1.82, 2.24) is 4.98 Å². The number of aromatic nitrogens is 1. The normalized spacial score (nSPS) is 10.2. The van der Waals surface area contributed by atoms with Gasteiger partial charge in [-0.3, -0.25) is 4.79 Å². The fourth-order valence-corrected chi connectivity index (χ4v) is 2.83. The lowest BCUT2D eigenvalue weighted by atomic mass is 10.2. The largest absolute Gasteiger partial charge is 0.497 e. The molecule has 0 fully saturated rings. The number of methoxy groups -OCH3 is 2. The Hall–Kier alpha value is -3.06. The molecule has 7 heteroatoms. The summed E-state index contributed by atoms with van der Waals surface area (Å²) < 4.78 is 16.2. The molecule has 0 aliphatic carbocycles. The minimum Gasteiger partial charge on any atom is -0.497 e. The molecule has 0 aliphatic rings. The molecule has 1 N–H and O–H groups in total. The molecule has 6 nitrogen and oxygen atoms in total. The highest BCUT2D eigenvalue weighted by atomic mass is 32.1. The molecule has 0 saturated carbocycles. The van der Waals surface area contributed by atoms with Crippen LogP contribution in [-0.4, -0.2) is 25.1 Å². The van der Waals surface area contributed by atoms with E-state index in [0.29, 0.717) is 35.1 Å². The summed E-state index contributed by atoms with van der Waals surface area (Å²) in [5, 5.41) is 4.76. The quantitative estimate of drug-likeness (QED) is 0.681. The number of nitrogens with zero attached hydrogens (tertiary/aromatic N) is 1. The molecule has 1 heterocycles. The lowest BCUT2D eigenvalue weighted by Gasteiger charge is -2.12. The number of benzene rings is 2. The van der Waals surface area contributed by atoms with Crippen molar-refractivity contribution in [3.63, 3.8) is 0 Å². The molecule has 134 valence electrons. The molecule has 0 saturated heterocycles. The van der Waals surface area contributed by atoms with E-state index in [2.05, 4.69) is 10.3 Å². The van der Waals surface area contributed by atoms with E-state index in [0.717, 1.165) is 5.69 Å². The summed E-state index contributed by atoms with van der Waals surface area (Å²) in [6, 6.07) is 12.2. The first-order valence-electron chi connectivity index (χ1n) is 7.83. The molecule has 0 unspecified atom stereocenters. The Bertz CT molecular complexity index is 881. The summed E-state index contributed by atoms with van der Waals surface area (Å²) in [5.74, 6) is 1.52. The van der Waals surface area contributed by atoms with Gasteiger partial charge in [-0.1, -0.05) is 6.07 Å². The summed E-state index contributed by atoms with van der Waals surface area (Å²) in [5.41, 5.74) is 3.66. The van der Waals surface area contributed by atoms with Gasteiger partial charge < -0.3 is 19.5 Å². The third kappa shape index (κ3) is 4.31. The molecule has 0 bridgehead atoms. The van der Waals surface area contributed by atoms with E-state index in [4.69, 9.17) is 14.2 Å². The van der Waals surface area contributed by atoms with Crippen molar-refractivity contribution in [3.8, 4) is 17.2 Å². The number of nitrogens with one attached hydrogen (secondary N) is 1. The molecule has 0 spiro atoms. The first-order chi connectivity index (χ1) is 12.7. The monoisotopic (exact) mass is 370 g/mol. The van der Waals surface area contributed by atoms with Gasteiger partial charge in [0, 0.05) is 17.0 Å². The Kier molecular flexibility index (Phi) is 5.70. The number of anilines is 1. The Labute approximate surface area is 155 Å². The topological polar surface area (TPSA) is 69.7 Å². The van der Waals surface area contributed by atoms with Gasteiger partial charge in [-0.05, 0) is 30.3 Å². The summed E-state index contributed by atoms with van der Waals surface area (Å²) in [4.78, 5) is 16.7. The number of carbonyl (C=O) groups is 1. The zero-order chi connectivity index (χ0) is 18.4. The highest BCUT2D eigenvalue weighted by Gasteiger charge is 2.12. The molecular weight excluding hydrogens is 352 g/mol. The van der Waals surface area contributed by atoms with Crippen LogP contribution in [0.25, 0.3) is 0 Å². The van der Waals surface area contributed by atoms with Crippen LogP contribution in [0.1, 0.15) is 16.1 Å². The fourth-order valence-electron chi connectivity index (χ4n) is 2.29. The first-order valence-corrected chi connectivity index (χ1v) is 8.77. The molecule has 0 radical (unpaired) electrons. The smallest absolute Gasteiger partial charge is 0.255 e. The third-order valence-corrected chi connectivity index (χ3v) is 4.26. The predicted octanol–water partition coefficient (Wildman–Crippen LogP) is 3.99. The van der Waals surface area contributed by atoms with Crippen LogP contribution in [0.15, 0.2) is 53.4 Å². The number of hydrogen-bond donors (Lipinski definition) is 1. The number of rotatable bonds is 7. The van der Waals surface area contributed by atoms with E-state index in [9.17, 15) is 4.79 Å². The SMILES string of the molecule is COc1ccc(NC(=O)c2cccc(OCc3cscn3)c2)c(OC)c1. The highest BCUT2D eigenvalue weighted by molar-refractivity contribution is 7.07. The van der Waals surface area contributed by atoms with Crippen LogP contribution in [0.2, 0.25) is 0 Å². The van der Waals surface area contributed by atoms with Crippen molar-refractivity contribution < 1.29 is 19.0 Å². The van der Waals surface area contributed by atoms with Crippen molar-refractivity contribution in [2.45, 2.75) is 6.61 Å². The second-order valence-electron chi connectivity index (χ2n) is 5.32. The van der Waals surface area contributed by atoms with E-state index in [1.54, 1.807) is 55.1 Å². The molecule has 3 aromatic rings. The maximum atomic E-state index is 12.6. The molecule has 3 rings (SSSR count). The van der Waals surface area contributed by atoms with E-state index in [1.807, 2.05) is 5.38 Å². The second-order valence-corrected chi connectivity index (χ2v) is 6.04. The van der Waals surface area contributed by atoms with Gasteiger partial charge in [0.1, 0.15) is 23.9 Å². The molecule has 26 heavy (non-hydrogen) atoms. The molecule has 2 aromatic carbocycles. The van der Waals surface area contributed by atoms with Crippen molar-refractivity contribution in [2.24, 2.45) is 0 Å². The molecule has 0 aliphatic heterocycles. The summed E-state index contributed by atoms with van der Waals surface area (Å²) >= 11 is 1.51. The predicted molar refractivity (Wildman–Crippen MR) is 100 cm³/mol. The van der Waals surface area contributed by atoms with Crippen molar-refractivity contribution in [1.29, 1.82) is 0 Å². The van der Waals surface area contributed by atoms with Crippen molar-refractivity contribution in [3.05, 3.63) is 64.6 Å². The van der Waals surface area contributed by atoms with Gasteiger partial charge in [-0.15, -0.1) is 11.3 Å². The second kappa shape index (κ2) is 8.35. The summed E-state index contributed by atoms with van der Waals surface area (Å²) in [6.07, 6.45) is 0. The minimum absolute atomic E-state index is 0.257. The fraction of sp³-hybridized carbons (Fsp3) is 0.158. The van der Waals surface area contributed by atoms with Gasteiger partial charge in [0.25, 0.3) is 5.91 Å². The number of hydrogen-bond acceptors (Lipinski definition) is 6. The van der Waals surface area contributed by atoms with Crippen LogP contribution in [0.3, 0.4) is 0 Å². The summed E-state index contributed by atoms with van der Waals surface area (Å²) in [7, 11) is 3.11. The number of ether oxygens (including phenoxy) is 3. The summed E-state index contributed by atoms with van der Waals surface area (Å²) in [6.45, 7) is 0.362. The highest BCUT2D eigenvalue weighted by Crippen LogP contribution is 2.29. The molecule has 1 amide bonds. The number of amides is 1. The molecular formula is C19H18N2O4S. The molecule has 1 aromatic heterocycles. The Morgan fingerprint density at radius 3 is 2.73 bits per heavy atom. The van der Waals surface area contributed by atoms with Crippen LogP contribution < -0.4 is 19.5 Å². The van der Waals surface area contributed by atoms with Crippen LogP contribution in [0.4, 0.5) is 5.69 Å². The number of thiazole rings is 1. The Morgan fingerprint density at radius 1 is 1.12 bits per heavy atom. The Balaban J connectivity index is 1.71. The van der Waals surface area contributed by atoms with Gasteiger partial charge in [0.2, 0.25) is 0 Å². The van der Waals surface area contributed by atoms with Crippen molar-refractivity contribution in [2.75, 3.05) is 19.5 Å². The van der Waals surface area contributed by atoms with Crippen LogP contribution in [0.5, 0.6) is 17.2 Å². The van der Waals surface area contributed by atoms with Gasteiger partial charge >= 0.3 is 0 Å². The van der Waals surface area contributed by atoms with Gasteiger partial charge in [-0.25, -0.2) is 4.98 Å². The zero-order valence-corrected chi connectivity index (χ0v) is 15.2. The van der Waals surface area contributed by atoms with E-state index < -0.39 is 0 Å². The first kappa shape index (κ1) is 17.8. The van der Waals surface area contributed by atoms with Crippen LogP contribution >= 0.6 is 11.3 Å². The van der Waals surface area contributed by atoms with Crippen LogP contribution in [0, 0.1) is 0 Å². The standard InChI is InChI=1S/C19H18N2O4S/c1-23-15-6-7-17(18(9-15)24-2)21-19(22)13-4-3-5-16(8-13)25-10-14-11-26-12-20-14/h3-9,11-12H,10H2,1-2H3,(H,21,22). The Morgan fingerprint density at radius 2 is 2.00 bits per heavy atom. The van der Waals surface area contributed by atoms with Gasteiger partial charge in [-0.2, -0.15) is 0 Å². The zero-order valence-electron chi connectivity index (χ0n) is 14.4. The molecule has 0 atom stereocenters. The van der Waals surface area contributed by atoms with Crippen LogP contribution in [-0.2, 0) is 6.61 Å². The average Bonchev–Trinajstić information content (AvgIpc) is 3.20. The maximum Gasteiger partial charge on any atom is 0.255 e. The lowest BCUT2D eigenvalue weighted by molar-refractivity contribution is 0.102. The van der Waals surface area contributed by atoms with Gasteiger partial charge in [0.05, 0.1) is 31.1 Å². The third-order valence-electron chi connectivity index (χ3n) is 3.62. The van der Waals surface area contributed by atoms with E-state index >= 15 is 0 Å². The van der Waals surface area contributed by atoms with E-state index in [1.165, 1.54) is 18.4 Å². The van der Waals surface area contributed by atoms with E-state index in [-0.39, 0.29) is 5.91 Å². The number of carbonyl (C=O) groups excluding carboxylic acids is 1. The minimum atomic E-state index is -0.257. The van der Waals surface area contributed by atoms with Crippen molar-refractivity contribution >= 4 is 22.9 Å². The average molecular weight is 370 g/mol. The lowest BCUT2D eigenvalue weighted by Crippen LogP contribution is -2.12. The van der Waals surface area contributed by atoms with Gasteiger partial charge in [0.15, 0.2) is 0 Å².